The quantitative estimate of drug-likeness (QED) is 0.802. The van der Waals surface area contributed by atoms with Gasteiger partial charge in [-0.25, -0.2) is 4.98 Å². The predicted octanol–water partition coefficient (Wildman–Crippen LogP) is 1.20. The monoisotopic (exact) mass is 350 g/mol. The Labute approximate surface area is 115 Å². The average Bonchev–Trinajstić information content (AvgIpc) is 2.20. The number of anilines is 1. The van der Waals surface area contributed by atoms with Crippen LogP contribution in [0.4, 0.5) is 5.82 Å². The number of nitrogens with one attached hydrogen (secondary N) is 2. The van der Waals surface area contributed by atoms with Crippen molar-refractivity contribution in [3.63, 3.8) is 0 Å². The van der Waals surface area contributed by atoms with Gasteiger partial charge in [-0.1, -0.05) is 0 Å². The number of likely N-dealkylation sites (N-methyl/N-ethyl adjacent to an activating group) is 1. The number of hydrogen-bond acceptors (Lipinski definition) is 4. The van der Waals surface area contributed by atoms with E-state index in [4.69, 9.17) is 0 Å². The van der Waals surface area contributed by atoms with E-state index in [1.807, 2.05) is 34.5 Å². The highest BCUT2D eigenvalue weighted by molar-refractivity contribution is 14.1. The van der Waals surface area contributed by atoms with Crippen molar-refractivity contribution in [3.8, 4) is 0 Å². The molecular formula is C11H19IN4O. The Morgan fingerprint density at radius 2 is 2.18 bits per heavy atom. The first-order chi connectivity index (χ1) is 7.81. The van der Waals surface area contributed by atoms with Crippen molar-refractivity contribution in [2.75, 3.05) is 25.0 Å². The minimum absolute atomic E-state index is 0.0915. The fourth-order valence-electron chi connectivity index (χ4n) is 1.34. The first-order valence-corrected chi connectivity index (χ1v) is 6.58. The smallest absolute Gasteiger partial charge is 0.266 e. The van der Waals surface area contributed by atoms with Crippen molar-refractivity contribution in [1.29, 1.82) is 0 Å². The lowest BCUT2D eigenvalue weighted by Crippen LogP contribution is -2.41. The van der Waals surface area contributed by atoms with Crippen LogP contribution in [0.3, 0.4) is 0 Å². The lowest BCUT2D eigenvalue weighted by Gasteiger charge is -2.24. The lowest BCUT2D eigenvalue weighted by atomic mass is 10.1. The summed E-state index contributed by atoms with van der Waals surface area (Å²) in [6.45, 7) is 8.04. The van der Waals surface area contributed by atoms with Crippen LogP contribution in [0.15, 0.2) is 11.1 Å². The van der Waals surface area contributed by atoms with Crippen molar-refractivity contribution >= 4 is 28.4 Å². The Bertz CT molecular complexity index is 424. The van der Waals surface area contributed by atoms with E-state index in [1.54, 1.807) is 0 Å². The first-order valence-electron chi connectivity index (χ1n) is 5.50. The molecule has 0 bridgehead atoms. The molecule has 0 aliphatic rings. The molecule has 1 aromatic rings. The van der Waals surface area contributed by atoms with E-state index in [-0.39, 0.29) is 11.1 Å². The highest BCUT2D eigenvalue weighted by Gasteiger charge is 2.12. The second-order valence-electron chi connectivity index (χ2n) is 4.97. The number of nitrogens with zero attached hydrogens (tertiary/aromatic N) is 2. The predicted molar refractivity (Wildman–Crippen MR) is 78.6 cm³/mol. The Balaban J connectivity index is 2.62. The summed E-state index contributed by atoms with van der Waals surface area (Å²) in [6, 6.07) is 0. The van der Waals surface area contributed by atoms with Gasteiger partial charge in [0.15, 0.2) is 0 Å². The average molecular weight is 350 g/mol. The molecule has 17 heavy (non-hydrogen) atoms. The van der Waals surface area contributed by atoms with Crippen LogP contribution < -0.4 is 15.8 Å². The van der Waals surface area contributed by atoms with E-state index in [1.165, 1.54) is 6.33 Å². The molecule has 0 saturated carbocycles. The zero-order valence-corrected chi connectivity index (χ0v) is 12.8. The van der Waals surface area contributed by atoms with Crippen LogP contribution in [-0.2, 0) is 0 Å². The molecule has 1 rings (SSSR count). The van der Waals surface area contributed by atoms with Gasteiger partial charge in [0.05, 0.1) is 6.33 Å². The maximum atomic E-state index is 11.4. The summed E-state index contributed by atoms with van der Waals surface area (Å²) < 4.78 is 0.628. The third-order valence-corrected chi connectivity index (χ3v) is 3.21. The summed E-state index contributed by atoms with van der Waals surface area (Å²) in [7, 11) is 1.94. The number of aromatic amines is 1. The molecule has 0 aliphatic heterocycles. The second-order valence-corrected chi connectivity index (χ2v) is 6.05. The molecule has 0 amide bonds. The minimum Gasteiger partial charge on any atom is -0.357 e. The molecule has 0 spiro atoms. The lowest BCUT2D eigenvalue weighted by molar-refractivity contribution is 0.430. The molecular weight excluding hydrogens is 331 g/mol. The van der Waals surface area contributed by atoms with Crippen molar-refractivity contribution in [3.05, 3.63) is 20.3 Å². The third kappa shape index (κ3) is 4.63. The van der Waals surface area contributed by atoms with E-state index in [2.05, 4.69) is 36.1 Å². The normalized spacial score (nSPS) is 11.6. The standard InChI is InChI=1S/C11H19IN4O/c1-11(2,3)15-5-6-16(4)9-8(12)10(17)14-7-13-9/h7,15H,5-6H2,1-4H3,(H,13,14,17). The zero-order chi connectivity index (χ0) is 13.1. The van der Waals surface area contributed by atoms with Crippen LogP contribution in [0, 0.1) is 3.57 Å². The summed E-state index contributed by atoms with van der Waals surface area (Å²) in [5.41, 5.74) is 0.0153. The van der Waals surface area contributed by atoms with Crippen molar-refractivity contribution < 1.29 is 0 Å². The van der Waals surface area contributed by atoms with E-state index in [0.29, 0.717) is 3.57 Å². The van der Waals surface area contributed by atoms with E-state index in [0.717, 1.165) is 18.9 Å². The summed E-state index contributed by atoms with van der Waals surface area (Å²) in [5.74, 6) is 0.727. The molecule has 96 valence electrons. The van der Waals surface area contributed by atoms with Crippen LogP contribution in [0.2, 0.25) is 0 Å². The van der Waals surface area contributed by atoms with Crippen molar-refractivity contribution in [2.24, 2.45) is 0 Å². The molecule has 1 aromatic heterocycles. The van der Waals surface area contributed by atoms with Gasteiger partial charge in [-0.15, -0.1) is 0 Å². The number of H-pyrrole nitrogens is 1. The fraction of sp³-hybridized carbons (Fsp3) is 0.636. The molecule has 5 nitrogen and oxygen atoms in total. The highest BCUT2D eigenvalue weighted by atomic mass is 127. The maximum absolute atomic E-state index is 11.4. The van der Waals surface area contributed by atoms with Gasteiger partial charge in [0.2, 0.25) is 0 Å². The van der Waals surface area contributed by atoms with E-state index >= 15 is 0 Å². The third-order valence-electron chi connectivity index (χ3n) is 2.24. The Hall–Kier alpha value is -0.630. The van der Waals surface area contributed by atoms with Gasteiger partial charge in [-0.2, -0.15) is 0 Å². The van der Waals surface area contributed by atoms with Crippen molar-refractivity contribution in [1.82, 2.24) is 15.3 Å². The second kappa shape index (κ2) is 5.81. The molecule has 0 atom stereocenters. The van der Waals surface area contributed by atoms with Crippen LogP contribution in [-0.4, -0.2) is 35.6 Å². The van der Waals surface area contributed by atoms with Gasteiger partial charge in [0.25, 0.3) is 5.56 Å². The molecule has 0 saturated heterocycles. The molecule has 2 N–H and O–H groups in total. The van der Waals surface area contributed by atoms with Crippen LogP contribution in [0.25, 0.3) is 0 Å². The molecule has 6 heteroatoms. The van der Waals surface area contributed by atoms with Crippen LogP contribution in [0.1, 0.15) is 20.8 Å². The van der Waals surface area contributed by atoms with Gasteiger partial charge >= 0.3 is 0 Å². The summed E-state index contributed by atoms with van der Waals surface area (Å²) in [6.07, 6.45) is 1.44. The summed E-state index contributed by atoms with van der Waals surface area (Å²) in [4.78, 5) is 20.2. The van der Waals surface area contributed by atoms with Crippen molar-refractivity contribution in [2.45, 2.75) is 26.3 Å². The van der Waals surface area contributed by atoms with Gasteiger partial charge in [-0.05, 0) is 43.4 Å². The number of rotatable bonds is 4. The van der Waals surface area contributed by atoms with Gasteiger partial charge in [-0.3, -0.25) is 4.79 Å². The maximum Gasteiger partial charge on any atom is 0.266 e. The zero-order valence-electron chi connectivity index (χ0n) is 10.7. The van der Waals surface area contributed by atoms with Crippen LogP contribution >= 0.6 is 22.6 Å². The van der Waals surface area contributed by atoms with E-state index < -0.39 is 0 Å². The van der Waals surface area contributed by atoms with Gasteiger partial charge in [0.1, 0.15) is 9.39 Å². The Morgan fingerprint density at radius 1 is 1.53 bits per heavy atom. The minimum atomic E-state index is -0.0915. The van der Waals surface area contributed by atoms with Gasteiger partial charge in [0, 0.05) is 25.7 Å². The number of halogens is 1. The first kappa shape index (κ1) is 14.4. The van der Waals surface area contributed by atoms with E-state index in [9.17, 15) is 4.79 Å². The van der Waals surface area contributed by atoms with Gasteiger partial charge < -0.3 is 15.2 Å². The number of hydrogen-bond donors (Lipinski definition) is 2. The molecule has 0 aliphatic carbocycles. The summed E-state index contributed by atoms with van der Waals surface area (Å²) in [5, 5.41) is 3.40. The topological polar surface area (TPSA) is 61.0 Å². The SMILES string of the molecule is CN(CCNC(C)(C)C)c1nc[nH]c(=O)c1I. The molecule has 0 aromatic carbocycles. The number of aromatic nitrogens is 2. The summed E-state index contributed by atoms with van der Waals surface area (Å²) >= 11 is 2.02. The highest BCUT2D eigenvalue weighted by Crippen LogP contribution is 2.12. The Kier molecular flexibility index (Phi) is 4.93. The molecule has 0 unspecified atom stereocenters. The largest absolute Gasteiger partial charge is 0.357 e. The molecule has 0 fully saturated rings. The Morgan fingerprint density at radius 3 is 2.76 bits per heavy atom. The van der Waals surface area contributed by atoms with Crippen LogP contribution in [0.5, 0.6) is 0 Å². The molecule has 0 radical (unpaired) electrons. The molecule has 1 heterocycles. The fourth-order valence-corrected chi connectivity index (χ4v) is 2.05.